The molecular weight excluding hydrogens is 721 g/mol. The third kappa shape index (κ3) is 7.23. The topological polar surface area (TPSA) is 159 Å². The first kappa shape index (κ1) is 42.9. The average molecular weight is 789 g/mol. The summed E-state index contributed by atoms with van der Waals surface area (Å²) in [4.78, 5) is 62.8. The lowest BCUT2D eigenvalue weighted by Crippen LogP contribution is -2.67. The summed E-state index contributed by atoms with van der Waals surface area (Å²) < 4.78 is 6.17. The summed E-state index contributed by atoms with van der Waals surface area (Å²) >= 11 is 0. The zero-order valence-electron chi connectivity index (χ0n) is 35.7. The molecule has 5 aliphatic carbocycles. The second-order valence-electron chi connectivity index (χ2n) is 20.8. The smallest absolute Gasteiger partial charge is 0.309 e. The fraction of sp³-hybridized carbons (Fsp3) is 0.723. The molecule has 0 radical (unpaired) electrons. The van der Waals surface area contributed by atoms with Crippen molar-refractivity contribution < 1.29 is 38.9 Å². The van der Waals surface area contributed by atoms with Crippen molar-refractivity contribution in [2.45, 2.75) is 145 Å². The number of ether oxygens (including phenoxy) is 1. The summed E-state index contributed by atoms with van der Waals surface area (Å²) in [5.74, 6) is -0.803. The zero-order valence-corrected chi connectivity index (χ0v) is 35.7. The molecule has 2 amide bonds. The maximum atomic E-state index is 14.6. The van der Waals surface area contributed by atoms with Crippen LogP contribution in [0.25, 0.3) is 0 Å². The predicted molar refractivity (Wildman–Crippen MR) is 218 cm³/mol. The summed E-state index contributed by atoms with van der Waals surface area (Å²) in [6.07, 6.45) is 9.27. The highest BCUT2D eigenvalue weighted by atomic mass is 16.5. The number of hydrogen-bond acceptors (Lipinski definition) is 6. The second kappa shape index (κ2) is 15.2. The van der Waals surface area contributed by atoms with E-state index < -0.39 is 28.7 Å². The average Bonchev–Trinajstić information content (AvgIpc) is 3.53. The van der Waals surface area contributed by atoms with Crippen LogP contribution < -0.4 is 10.6 Å². The molecule has 5 aliphatic rings. The van der Waals surface area contributed by atoms with Crippen LogP contribution in [0.5, 0.6) is 0 Å². The van der Waals surface area contributed by atoms with E-state index in [0.29, 0.717) is 35.8 Å². The fourth-order valence-electron chi connectivity index (χ4n) is 13.9. The molecule has 0 aliphatic heterocycles. The molecule has 0 unspecified atom stereocenters. The normalized spacial score (nSPS) is 36.6. The standard InChI is InChI=1S/C47H68N2O8/c1-28(2)31-16-22-47(40(54)49-27-29-10-12-30(13-11-29)39(53)48-25-19-36(50)51)24-23-45(8)32(38(31)47)14-15-34-44(7)20-18-35(57-37(52)26-42(3,4)41(55)56)43(5,6)33(44)17-21-46(34,45)9/h10-13,31-35,38H,1,14-27H2,2-9H3,(H,48,53)(H,49,54)(H,50,51)(H,55,56)/t31-,32+,33-,34+,35-,38+,44-,45+,46+,47-/m0/s1. The highest BCUT2D eigenvalue weighted by Gasteiger charge is 2.72. The Morgan fingerprint density at radius 3 is 2.14 bits per heavy atom. The number of benzene rings is 1. The number of carbonyl (C=O) groups excluding carboxylic acids is 3. The molecule has 0 spiro atoms. The lowest BCUT2D eigenvalue weighted by molar-refractivity contribution is -0.249. The van der Waals surface area contributed by atoms with Crippen molar-refractivity contribution >= 4 is 29.7 Å². The van der Waals surface area contributed by atoms with E-state index in [4.69, 9.17) is 9.84 Å². The van der Waals surface area contributed by atoms with Crippen molar-refractivity contribution in [3.05, 3.63) is 47.5 Å². The summed E-state index contributed by atoms with van der Waals surface area (Å²) in [5.41, 5.74) is 0.852. The van der Waals surface area contributed by atoms with Gasteiger partial charge in [0.2, 0.25) is 5.91 Å². The third-order valence-corrected chi connectivity index (χ3v) is 17.2. The van der Waals surface area contributed by atoms with Crippen LogP contribution in [0.15, 0.2) is 36.4 Å². The molecule has 5 fully saturated rings. The minimum atomic E-state index is -1.17. The Bertz CT molecular complexity index is 1780. The Morgan fingerprint density at radius 2 is 1.51 bits per heavy atom. The van der Waals surface area contributed by atoms with E-state index in [1.807, 2.05) is 12.1 Å². The van der Waals surface area contributed by atoms with Crippen molar-refractivity contribution in [2.75, 3.05) is 6.54 Å². The number of rotatable bonds is 12. The van der Waals surface area contributed by atoms with Crippen LogP contribution in [0.1, 0.15) is 148 Å². The van der Waals surface area contributed by atoms with Crippen LogP contribution in [0, 0.1) is 62.1 Å². The van der Waals surface area contributed by atoms with Crippen LogP contribution in [-0.4, -0.2) is 52.6 Å². The quantitative estimate of drug-likeness (QED) is 0.121. The Balaban J connectivity index is 1.19. The molecule has 0 heterocycles. The van der Waals surface area contributed by atoms with Crippen molar-refractivity contribution in [3.63, 3.8) is 0 Å². The summed E-state index contributed by atoms with van der Waals surface area (Å²) in [7, 11) is 0. The Kier molecular flexibility index (Phi) is 11.4. The van der Waals surface area contributed by atoms with Crippen LogP contribution >= 0.6 is 0 Å². The lowest BCUT2D eigenvalue weighted by Gasteiger charge is -2.72. The first-order valence-corrected chi connectivity index (χ1v) is 21.5. The van der Waals surface area contributed by atoms with E-state index in [0.717, 1.165) is 69.8 Å². The molecule has 0 bridgehead atoms. The van der Waals surface area contributed by atoms with Gasteiger partial charge in [0.05, 0.1) is 23.7 Å². The van der Waals surface area contributed by atoms with Gasteiger partial charge in [0.25, 0.3) is 5.91 Å². The van der Waals surface area contributed by atoms with E-state index in [2.05, 4.69) is 58.8 Å². The third-order valence-electron chi connectivity index (χ3n) is 17.2. The van der Waals surface area contributed by atoms with Crippen LogP contribution in [-0.2, 0) is 30.5 Å². The Hall–Kier alpha value is -3.69. The van der Waals surface area contributed by atoms with Gasteiger partial charge in [0.15, 0.2) is 0 Å². The lowest BCUT2D eigenvalue weighted by atomic mass is 9.32. The van der Waals surface area contributed by atoms with Crippen LogP contribution in [0.2, 0.25) is 0 Å². The molecule has 6 rings (SSSR count). The SMILES string of the molecule is C=C(C)[C@@H]1CC[C@]2(C(=O)NCc3ccc(C(=O)NCCC(=O)O)cc3)CC[C@]3(C)[C@H](CC[C@@H]4[C@@]5(C)CC[C@H](OC(=O)CC(C)(C)C(=O)O)C(C)(C)[C@@H]5CC[C@]43C)[C@@H]12. The van der Waals surface area contributed by atoms with Gasteiger partial charge in [-0.05, 0) is 149 Å². The highest BCUT2D eigenvalue weighted by Crippen LogP contribution is 2.77. The monoisotopic (exact) mass is 788 g/mol. The summed E-state index contributed by atoms with van der Waals surface area (Å²) in [6, 6.07) is 7.13. The van der Waals surface area contributed by atoms with Crippen molar-refractivity contribution in [1.82, 2.24) is 10.6 Å². The van der Waals surface area contributed by atoms with Gasteiger partial charge in [-0.2, -0.15) is 0 Å². The minimum Gasteiger partial charge on any atom is -0.481 e. The van der Waals surface area contributed by atoms with E-state index in [1.54, 1.807) is 26.0 Å². The number of aliphatic carboxylic acids is 2. The number of hydrogen-bond donors (Lipinski definition) is 4. The van der Waals surface area contributed by atoms with Gasteiger partial charge in [-0.15, -0.1) is 0 Å². The van der Waals surface area contributed by atoms with Gasteiger partial charge in [-0.3, -0.25) is 24.0 Å². The number of allylic oxidation sites excluding steroid dienone is 1. The van der Waals surface area contributed by atoms with E-state index in [-0.39, 0.29) is 64.9 Å². The minimum absolute atomic E-state index is 0.0487. The number of carboxylic acids is 2. The van der Waals surface area contributed by atoms with Gasteiger partial charge < -0.3 is 25.6 Å². The number of amides is 2. The van der Waals surface area contributed by atoms with Crippen molar-refractivity contribution in [3.8, 4) is 0 Å². The van der Waals surface area contributed by atoms with Gasteiger partial charge in [-0.1, -0.05) is 58.9 Å². The molecule has 10 nitrogen and oxygen atoms in total. The molecule has 10 atom stereocenters. The number of carbonyl (C=O) groups is 5. The molecule has 0 saturated heterocycles. The zero-order chi connectivity index (χ0) is 41.9. The molecule has 5 saturated carbocycles. The Labute approximate surface area is 339 Å². The first-order valence-electron chi connectivity index (χ1n) is 21.5. The summed E-state index contributed by atoms with van der Waals surface area (Å²) in [6.45, 7) is 22.4. The molecular formula is C47H68N2O8. The van der Waals surface area contributed by atoms with Crippen molar-refractivity contribution in [2.24, 2.45) is 62.1 Å². The fourth-order valence-corrected chi connectivity index (χ4v) is 13.9. The number of nitrogens with one attached hydrogen (secondary N) is 2. The predicted octanol–water partition coefficient (Wildman–Crippen LogP) is 8.58. The van der Waals surface area contributed by atoms with E-state index in [1.165, 1.54) is 5.57 Å². The Morgan fingerprint density at radius 1 is 0.825 bits per heavy atom. The molecule has 314 valence electrons. The van der Waals surface area contributed by atoms with Crippen molar-refractivity contribution in [1.29, 1.82) is 0 Å². The van der Waals surface area contributed by atoms with Crippen LogP contribution in [0.3, 0.4) is 0 Å². The van der Waals surface area contributed by atoms with E-state index >= 15 is 0 Å². The second-order valence-corrected chi connectivity index (χ2v) is 20.8. The van der Waals surface area contributed by atoms with E-state index in [9.17, 15) is 29.1 Å². The molecule has 0 aromatic heterocycles. The molecule has 4 N–H and O–H groups in total. The maximum Gasteiger partial charge on any atom is 0.309 e. The largest absolute Gasteiger partial charge is 0.481 e. The molecule has 57 heavy (non-hydrogen) atoms. The maximum absolute atomic E-state index is 14.6. The molecule has 1 aromatic carbocycles. The number of carboxylic acid groups (broad SMARTS) is 2. The van der Waals surface area contributed by atoms with Gasteiger partial charge in [-0.25, -0.2) is 0 Å². The van der Waals surface area contributed by atoms with Crippen LogP contribution in [0.4, 0.5) is 0 Å². The molecule has 10 heteroatoms. The van der Waals surface area contributed by atoms with Gasteiger partial charge in [0, 0.05) is 24.1 Å². The van der Waals surface area contributed by atoms with Gasteiger partial charge in [0.1, 0.15) is 6.10 Å². The van der Waals surface area contributed by atoms with Gasteiger partial charge >= 0.3 is 17.9 Å². The number of fused-ring (bicyclic) bond motifs is 7. The first-order chi connectivity index (χ1) is 26.5. The number of esters is 1. The highest BCUT2D eigenvalue weighted by molar-refractivity contribution is 5.94. The molecule has 1 aromatic rings. The summed E-state index contributed by atoms with van der Waals surface area (Å²) in [5, 5.41) is 24.5.